The Kier molecular flexibility index (Phi) is 11.8. The maximum atomic E-state index is 17.1. The van der Waals surface area contributed by atoms with Crippen LogP contribution in [-0.2, 0) is 15.4 Å². The van der Waals surface area contributed by atoms with E-state index in [0.717, 1.165) is 75.7 Å². The van der Waals surface area contributed by atoms with Gasteiger partial charge in [0.05, 0.1) is 11.4 Å². The fourth-order valence-corrected chi connectivity index (χ4v) is 16.2. The molecule has 0 unspecified atom stereocenters. The molecule has 13 rings (SSSR count). The van der Waals surface area contributed by atoms with Crippen molar-refractivity contribution in [2.45, 2.75) is 64.2 Å². The van der Waals surface area contributed by atoms with Crippen molar-refractivity contribution >= 4 is 78.7 Å². The Morgan fingerprint density at radius 2 is 0.658 bits per heavy atom. The summed E-state index contributed by atoms with van der Waals surface area (Å²) >= 11 is 0. The summed E-state index contributed by atoms with van der Waals surface area (Å²) in [7, 11) is -3.46. The highest BCUT2D eigenvalue weighted by Crippen LogP contribution is 2.58. The van der Waals surface area contributed by atoms with E-state index < -0.39 is 7.14 Å². The highest BCUT2D eigenvalue weighted by atomic mass is 31.2. The molecule has 370 valence electrons. The molecule has 0 heterocycles. The second-order valence-corrected chi connectivity index (χ2v) is 23.5. The molecule has 0 fully saturated rings. The van der Waals surface area contributed by atoms with Crippen LogP contribution in [0.2, 0.25) is 0 Å². The standard InChI is InChI=1S/C72H61N2OP/c1-5-71(6-2)65-46-54(73(52-28-12-9-13-29-52)69-36-22-26-50-24-18-20-34-59(50)69)38-42-61(65)63-44-40-57(48-67(63)71)76(75,56-32-16-11-17-33-56)58-41-45-64-62-43-39-55(47-66(62)72(7-3,8-4)68(64)49-58)74(53-30-14-10-15-31-53)70-37-23-27-51-25-19-21-35-60(51)70/h9-49H,5-8H2,1-4H3. The van der Waals surface area contributed by atoms with Crippen LogP contribution in [0.1, 0.15) is 75.6 Å². The van der Waals surface area contributed by atoms with E-state index in [1.165, 1.54) is 66.1 Å². The van der Waals surface area contributed by atoms with Crippen molar-refractivity contribution in [3.63, 3.8) is 0 Å². The molecule has 0 saturated heterocycles. The lowest BCUT2D eigenvalue weighted by Gasteiger charge is -2.33. The first kappa shape index (κ1) is 47.5. The SMILES string of the molecule is CCC1(CC)c2cc(N(c3ccccc3)c3cccc4ccccc34)ccc2-c2ccc(P(=O)(c3ccccc3)c3ccc4c(c3)C(CC)(CC)c3cc(N(c5ccccc5)c5cccc6ccccc56)ccc3-4)cc21. The number of para-hydroxylation sites is 2. The molecule has 76 heavy (non-hydrogen) atoms. The lowest BCUT2D eigenvalue weighted by atomic mass is 9.74. The maximum absolute atomic E-state index is 17.1. The van der Waals surface area contributed by atoms with Gasteiger partial charge in [-0.05, 0) is 154 Å². The van der Waals surface area contributed by atoms with Gasteiger partial charge < -0.3 is 14.4 Å². The molecule has 0 bridgehead atoms. The quantitative estimate of drug-likeness (QED) is 0.108. The van der Waals surface area contributed by atoms with Gasteiger partial charge in [-0.1, -0.05) is 204 Å². The van der Waals surface area contributed by atoms with Crippen molar-refractivity contribution < 1.29 is 4.57 Å². The van der Waals surface area contributed by atoms with Crippen molar-refractivity contribution in [1.29, 1.82) is 0 Å². The molecule has 3 nitrogen and oxygen atoms in total. The van der Waals surface area contributed by atoms with Gasteiger partial charge >= 0.3 is 0 Å². The topological polar surface area (TPSA) is 23.6 Å². The van der Waals surface area contributed by atoms with Crippen LogP contribution in [0.15, 0.2) is 249 Å². The van der Waals surface area contributed by atoms with Gasteiger partial charge in [-0.2, -0.15) is 0 Å². The second-order valence-electron chi connectivity index (χ2n) is 20.8. The Hall–Kier alpha value is -8.23. The fourth-order valence-electron chi connectivity index (χ4n) is 13.5. The molecule has 2 aliphatic rings. The minimum Gasteiger partial charge on any atom is -0.310 e. The van der Waals surface area contributed by atoms with E-state index in [9.17, 15) is 0 Å². The molecule has 0 saturated carbocycles. The number of fused-ring (bicyclic) bond motifs is 8. The lowest BCUT2D eigenvalue weighted by Crippen LogP contribution is -2.30. The molecule has 0 N–H and O–H groups in total. The van der Waals surface area contributed by atoms with E-state index in [0.29, 0.717) is 0 Å². The van der Waals surface area contributed by atoms with Gasteiger partial charge in [0.25, 0.3) is 0 Å². The third kappa shape index (κ3) is 7.20. The summed E-state index contributed by atoms with van der Waals surface area (Å²) in [6, 6.07) is 90.2. The van der Waals surface area contributed by atoms with Crippen molar-refractivity contribution in [3.05, 3.63) is 271 Å². The van der Waals surface area contributed by atoms with Gasteiger partial charge in [0.2, 0.25) is 0 Å². The van der Waals surface area contributed by atoms with Gasteiger partial charge in [-0.15, -0.1) is 0 Å². The third-order valence-electron chi connectivity index (χ3n) is 17.5. The second kappa shape index (κ2) is 18.9. The number of benzene rings is 11. The summed E-state index contributed by atoms with van der Waals surface area (Å²) in [6.45, 7) is 9.33. The van der Waals surface area contributed by atoms with Crippen LogP contribution in [0.4, 0.5) is 34.1 Å². The smallest absolute Gasteiger partial charge is 0.171 e. The van der Waals surface area contributed by atoms with E-state index in [1.54, 1.807) is 0 Å². The normalized spacial score (nSPS) is 13.7. The van der Waals surface area contributed by atoms with Gasteiger partial charge in [0.1, 0.15) is 0 Å². The fraction of sp³-hybridized carbons (Fsp3) is 0.139. The molecule has 0 radical (unpaired) electrons. The Morgan fingerprint density at radius 3 is 1.07 bits per heavy atom. The summed E-state index contributed by atoms with van der Waals surface area (Å²) in [5, 5.41) is 7.44. The first-order valence-corrected chi connectivity index (χ1v) is 29.0. The molecule has 0 atom stereocenters. The van der Waals surface area contributed by atoms with Gasteiger partial charge in [-0.3, -0.25) is 0 Å². The van der Waals surface area contributed by atoms with Crippen LogP contribution in [-0.4, -0.2) is 0 Å². The van der Waals surface area contributed by atoms with Crippen LogP contribution in [0, 0.1) is 0 Å². The summed E-state index contributed by atoms with van der Waals surface area (Å²) in [6.07, 6.45) is 3.62. The molecule has 0 aromatic heterocycles. The average molecular weight is 1000 g/mol. The van der Waals surface area contributed by atoms with E-state index in [1.807, 2.05) is 18.2 Å². The molecule has 0 amide bonds. The van der Waals surface area contributed by atoms with E-state index in [2.05, 4.69) is 268 Å². The third-order valence-corrected chi connectivity index (χ3v) is 20.5. The van der Waals surface area contributed by atoms with E-state index in [-0.39, 0.29) is 10.8 Å². The number of nitrogens with zero attached hydrogens (tertiary/aromatic N) is 2. The molecule has 11 aromatic rings. The van der Waals surface area contributed by atoms with Crippen molar-refractivity contribution in [2.75, 3.05) is 9.80 Å². The highest BCUT2D eigenvalue weighted by molar-refractivity contribution is 7.85. The zero-order chi connectivity index (χ0) is 51.6. The Morgan fingerprint density at radius 1 is 0.316 bits per heavy atom. The van der Waals surface area contributed by atoms with Crippen LogP contribution in [0.25, 0.3) is 43.8 Å². The van der Waals surface area contributed by atoms with Gasteiger partial charge in [0, 0.05) is 60.3 Å². The minimum absolute atomic E-state index is 0.296. The van der Waals surface area contributed by atoms with Gasteiger partial charge in [-0.25, -0.2) is 0 Å². The van der Waals surface area contributed by atoms with Crippen LogP contribution >= 0.6 is 7.14 Å². The van der Waals surface area contributed by atoms with E-state index in [4.69, 9.17) is 0 Å². The number of anilines is 6. The number of hydrogen-bond donors (Lipinski definition) is 0. The van der Waals surface area contributed by atoms with Crippen LogP contribution in [0.5, 0.6) is 0 Å². The molecule has 2 aliphatic carbocycles. The zero-order valence-electron chi connectivity index (χ0n) is 43.7. The Balaban J connectivity index is 0.939. The zero-order valence-corrected chi connectivity index (χ0v) is 44.6. The summed E-state index contributed by atoms with van der Waals surface area (Å²) in [4.78, 5) is 4.83. The molecule has 0 spiro atoms. The first-order valence-electron chi connectivity index (χ1n) is 27.3. The monoisotopic (exact) mass is 1000 g/mol. The Bertz CT molecular complexity index is 3790. The predicted octanol–water partition coefficient (Wildman–Crippen LogP) is 18.7. The minimum atomic E-state index is -3.46. The average Bonchev–Trinajstić information content (AvgIpc) is 3.97. The van der Waals surface area contributed by atoms with Crippen molar-refractivity contribution in [1.82, 2.24) is 0 Å². The largest absolute Gasteiger partial charge is 0.310 e. The summed E-state index contributed by atoms with van der Waals surface area (Å²) in [5.41, 5.74) is 16.3. The molecule has 0 aliphatic heterocycles. The van der Waals surface area contributed by atoms with Gasteiger partial charge in [0.15, 0.2) is 7.14 Å². The molecule has 11 aromatic carbocycles. The first-order chi connectivity index (χ1) is 37.3. The highest BCUT2D eigenvalue weighted by Gasteiger charge is 2.45. The van der Waals surface area contributed by atoms with Crippen LogP contribution < -0.4 is 25.7 Å². The lowest BCUT2D eigenvalue weighted by molar-refractivity contribution is 0.490. The van der Waals surface area contributed by atoms with Crippen molar-refractivity contribution in [2.24, 2.45) is 0 Å². The molecular weight excluding hydrogens is 940 g/mol. The Labute approximate surface area is 448 Å². The molecular formula is C72H61N2OP. The number of hydrogen-bond acceptors (Lipinski definition) is 3. The summed E-state index contributed by atoms with van der Waals surface area (Å²) in [5.74, 6) is 0. The maximum Gasteiger partial charge on any atom is 0.171 e. The molecule has 4 heteroatoms. The van der Waals surface area contributed by atoms with E-state index >= 15 is 4.57 Å². The van der Waals surface area contributed by atoms with Crippen molar-refractivity contribution in [3.8, 4) is 22.3 Å². The summed E-state index contributed by atoms with van der Waals surface area (Å²) < 4.78 is 17.1. The van der Waals surface area contributed by atoms with Crippen LogP contribution in [0.3, 0.4) is 0 Å². The number of rotatable bonds is 13. The predicted molar refractivity (Wildman–Crippen MR) is 324 cm³/mol.